The van der Waals surface area contributed by atoms with Crippen molar-refractivity contribution in [2.24, 2.45) is 0 Å². The fourth-order valence-electron chi connectivity index (χ4n) is 0.432. The molecular formula is C6H11Cl3O. The topological polar surface area (TPSA) is 9.23 Å². The van der Waals surface area contributed by atoms with Gasteiger partial charge < -0.3 is 4.74 Å². The van der Waals surface area contributed by atoms with E-state index in [0.29, 0.717) is 19.1 Å². The van der Waals surface area contributed by atoms with Crippen LogP contribution in [0.2, 0.25) is 0 Å². The molecule has 0 heterocycles. The summed E-state index contributed by atoms with van der Waals surface area (Å²) in [7, 11) is 0. The number of alkyl halides is 3. The second-order valence-electron chi connectivity index (χ2n) is 1.85. The smallest absolute Gasteiger partial charge is 0.0744 e. The number of ether oxygens (including phenoxy) is 1. The van der Waals surface area contributed by atoms with Gasteiger partial charge in [0.1, 0.15) is 0 Å². The molecule has 0 amide bonds. The summed E-state index contributed by atoms with van der Waals surface area (Å²) >= 11 is 16.9. The van der Waals surface area contributed by atoms with Crippen LogP contribution in [0, 0.1) is 0 Å². The quantitative estimate of drug-likeness (QED) is 0.627. The standard InChI is InChI=1S/C6H11Cl3O/c1-2-10-4-6(9)5(8)3-7/h5-6H,2-4H2,1H3. The van der Waals surface area contributed by atoms with Gasteiger partial charge in [-0.3, -0.25) is 0 Å². The zero-order chi connectivity index (χ0) is 7.98. The van der Waals surface area contributed by atoms with Gasteiger partial charge in [-0.25, -0.2) is 0 Å². The summed E-state index contributed by atoms with van der Waals surface area (Å²) in [5.74, 6) is 0.364. The van der Waals surface area contributed by atoms with Gasteiger partial charge in [-0.2, -0.15) is 0 Å². The first-order valence-electron chi connectivity index (χ1n) is 3.14. The summed E-state index contributed by atoms with van der Waals surface area (Å²) in [5, 5.41) is -0.381. The Morgan fingerprint density at radius 3 is 2.30 bits per heavy atom. The molecule has 0 aliphatic heterocycles. The summed E-state index contributed by atoms with van der Waals surface area (Å²) in [6, 6.07) is 0. The predicted molar refractivity (Wildman–Crippen MR) is 46.5 cm³/mol. The van der Waals surface area contributed by atoms with Crippen molar-refractivity contribution in [3.05, 3.63) is 0 Å². The van der Waals surface area contributed by atoms with Gasteiger partial charge >= 0.3 is 0 Å². The first kappa shape index (κ1) is 10.8. The van der Waals surface area contributed by atoms with Crippen molar-refractivity contribution in [2.75, 3.05) is 19.1 Å². The van der Waals surface area contributed by atoms with E-state index in [9.17, 15) is 0 Å². The van der Waals surface area contributed by atoms with Crippen molar-refractivity contribution in [3.63, 3.8) is 0 Å². The highest BCUT2D eigenvalue weighted by molar-refractivity contribution is 6.33. The molecule has 0 fully saturated rings. The Morgan fingerprint density at radius 1 is 1.30 bits per heavy atom. The molecule has 0 rings (SSSR count). The molecule has 0 saturated heterocycles. The van der Waals surface area contributed by atoms with Crippen LogP contribution in [0.4, 0.5) is 0 Å². The second-order valence-corrected chi connectivity index (χ2v) is 3.28. The van der Waals surface area contributed by atoms with Gasteiger partial charge in [0.05, 0.1) is 17.4 Å². The molecule has 4 heteroatoms. The average molecular weight is 206 g/mol. The molecule has 1 nitrogen and oxygen atoms in total. The zero-order valence-corrected chi connectivity index (χ0v) is 8.09. The number of halogens is 3. The Hall–Kier alpha value is 0.830. The molecule has 0 aliphatic rings. The Morgan fingerprint density at radius 2 is 1.90 bits per heavy atom. The molecule has 0 N–H and O–H groups in total. The van der Waals surface area contributed by atoms with E-state index in [-0.39, 0.29) is 10.8 Å². The summed E-state index contributed by atoms with van der Waals surface area (Å²) in [4.78, 5) is 0. The number of hydrogen-bond acceptors (Lipinski definition) is 1. The molecule has 0 aromatic rings. The van der Waals surface area contributed by atoms with Gasteiger partial charge in [-0.05, 0) is 6.92 Å². The second kappa shape index (κ2) is 6.53. The van der Waals surface area contributed by atoms with E-state index in [2.05, 4.69) is 0 Å². The van der Waals surface area contributed by atoms with Crippen molar-refractivity contribution in [2.45, 2.75) is 17.7 Å². The SMILES string of the molecule is CCOCC(Cl)C(Cl)CCl. The van der Waals surface area contributed by atoms with Gasteiger partial charge in [0.15, 0.2) is 0 Å². The fraction of sp³-hybridized carbons (Fsp3) is 1.00. The monoisotopic (exact) mass is 204 g/mol. The maximum atomic E-state index is 5.77. The Bertz CT molecular complexity index is 79.4. The first-order valence-corrected chi connectivity index (χ1v) is 4.55. The van der Waals surface area contributed by atoms with Crippen LogP contribution >= 0.6 is 34.8 Å². The van der Waals surface area contributed by atoms with Gasteiger partial charge in [-0.15, -0.1) is 34.8 Å². The molecule has 0 radical (unpaired) electrons. The third-order valence-corrected chi connectivity index (χ3v) is 2.53. The lowest BCUT2D eigenvalue weighted by molar-refractivity contribution is 0.147. The highest BCUT2D eigenvalue weighted by Crippen LogP contribution is 2.11. The molecule has 2 atom stereocenters. The van der Waals surface area contributed by atoms with Crippen LogP contribution in [0.1, 0.15) is 6.92 Å². The zero-order valence-electron chi connectivity index (χ0n) is 5.82. The predicted octanol–water partition coefficient (Wildman–Crippen LogP) is 2.48. The van der Waals surface area contributed by atoms with Crippen LogP contribution in [-0.2, 0) is 4.74 Å². The lowest BCUT2D eigenvalue weighted by Crippen LogP contribution is -2.22. The molecule has 0 aromatic carbocycles. The van der Waals surface area contributed by atoms with Gasteiger partial charge in [-0.1, -0.05) is 0 Å². The molecule has 0 aliphatic carbocycles. The summed E-state index contributed by atoms with van der Waals surface area (Å²) in [6.45, 7) is 3.04. The molecule has 62 valence electrons. The number of rotatable bonds is 5. The van der Waals surface area contributed by atoms with E-state index in [1.807, 2.05) is 6.92 Å². The van der Waals surface area contributed by atoms with Crippen LogP contribution < -0.4 is 0 Å². The average Bonchev–Trinajstić information content (AvgIpc) is 1.98. The van der Waals surface area contributed by atoms with E-state index < -0.39 is 0 Å². The van der Waals surface area contributed by atoms with Gasteiger partial charge in [0.25, 0.3) is 0 Å². The van der Waals surface area contributed by atoms with Crippen molar-refractivity contribution < 1.29 is 4.74 Å². The molecule has 0 bridgehead atoms. The van der Waals surface area contributed by atoms with Crippen LogP contribution in [0.25, 0.3) is 0 Å². The lowest BCUT2D eigenvalue weighted by atomic mass is 10.3. The summed E-state index contributed by atoms with van der Waals surface area (Å²) in [6.07, 6.45) is 0. The van der Waals surface area contributed by atoms with E-state index in [1.165, 1.54) is 0 Å². The van der Waals surface area contributed by atoms with E-state index >= 15 is 0 Å². The largest absolute Gasteiger partial charge is 0.380 e. The van der Waals surface area contributed by atoms with Gasteiger partial charge in [0, 0.05) is 12.5 Å². The van der Waals surface area contributed by atoms with Crippen molar-refractivity contribution in [1.29, 1.82) is 0 Å². The first-order chi connectivity index (χ1) is 4.72. The molecule has 0 spiro atoms. The Balaban J connectivity index is 3.31. The summed E-state index contributed by atoms with van der Waals surface area (Å²) < 4.78 is 5.04. The minimum absolute atomic E-state index is 0.181. The van der Waals surface area contributed by atoms with Crippen molar-refractivity contribution >= 4 is 34.8 Å². The van der Waals surface area contributed by atoms with Crippen LogP contribution in [0.5, 0.6) is 0 Å². The Labute approximate surface area is 76.6 Å². The fourth-order valence-corrected chi connectivity index (χ4v) is 0.989. The van der Waals surface area contributed by atoms with Crippen LogP contribution in [0.15, 0.2) is 0 Å². The molecule has 10 heavy (non-hydrogen) atoms. The number of hydrogen-bond donors (Lipinski definition) is 0. The normalized spacial score (nSPS) is 16.8. The van der Waals surface area contributed by atoms with Crippen LogP contribution in [0.3, 0.4) is 0 Å². The molecule has 0 saturated carbocycles. The Kier molecular flexibility index (Phi) is 7.08. The van der Waals surface area contributed by atoms with Crippen LogP contribution in [-0.4, -0.2) is 29.8 Å². The summed E-state index contributed by atoms with van der Waals surface area (Å²) in [5.41, 5.74) is 0. The molecule has 0 aromatic heterocycles. The molecular weight excluding hydrogens is 194 g/mol. The third kappa shape index (κ3) is 4.62. The van der Waals surface area contributed by atoms with E-state index in [0.717, 1.165) is 0 Å². The van der Waals surface area contributed by atoms with Gasteiger partial charge in [0.2, 0.25) is 0 Å². The maximum Gasteiger partial charge on any atom is 0.0744 e. The highest BCUT2D eigenvalue weighted by Gasteiger charge is 2.14. The van der Waals surface area contributed by atoms with E-state index in [4.69, 9.17) is 39.5 Å². The minimum Gasteiger partial charge on any atom is -0.380 e. The van der Waals surface area contributed by atoms with Crippen molar-refractivity contribution in [3.8, 4) is 0 Å². The highest BCUT2D eigenvalue weighted by atomic mass is 35.5. The molecule has 2 unspecified atom stereocenters. The third-order valence-electron chi connectivity index (χ3n) is 1.02. The maximum absolute atomic E-state index is 5.77. The lowest BCUT2D eigenvalue weighted by Gasteiger charge is -2.12. The minimum atomic E-state index is -0.199. The van der Waals surface area contributed by atoms with Crippen molar-refractivity contribution in [1.82, 2.24) is 0 Å². The van der Waals surface area contributed by atoms with E-state index in [1.54, 1.807) is 0 Å².